The van der Waals surface area contributed by atoms with E-state index >= 15 is 0 Å². The summed E-state index contributed by atoms with van der Waals surface area (Å²) in [5.41, 5.74) is 0. The summed E-state index contributed by atoms with van der Waals surface area (Å²) in [6, 6.07) is 3.91. The summed E-state index contributed by atoms with van der Waals surface area (Å²) < 4.78 is 5.49. The molecule has 5 nitrogen and oxygen atoms in total. The normalized spacial score (nSPS) is 23.2. The lowest BCUT2D eigenvalue weighted by Gasteiger charge is -2.26. The van der Waals surface area contributed by atoms with E-state index in [-0.39, 0.29) is 18.6 Å². The predicted octanol–water partition coefficient (Wildman–Crippen LogP) is 1.25. The number of rotatable bonds is 5. The Hall–Kier alpha value is -1.33. The fourth-order valence-electron chi connectivity index (χ4n) is 2.77. The Morgan fingerprint density at radius 2 is 2.30 bits per heavy atom. The second kappa shape index (κ2) is 6.41. The van der Waals surface area contributed by atoms with Crippen LogP contribution in [0, 0.1) is 12.8 Å². The highest BCUT2D eigenvalue weighted by molar-refractivity contribution is 5.78. The first-order valence-corrected chi connectivity index (χ1v) is 7.15. The van der Waals surface area contributed by atoms with E-state index in [9.17, 15) is 9.90 Å². The molecule has 1 amide bonds. The first-order chi connectivity index (χ1) is 9.51. The van der Waals surface area contributed by atoms with E-state index in [1.165, 1.54) is 0 Å². The number of carbonyl (C=O) groups excluding carboxylic acids is 1. The smallest absolute Gasteiger partial charge is 0.236 e. The quantitative estimate of drug-likeness (QED) is 0.882. The average Bonchev–Trinajstić information content (AvgIpc) is 2.96. The van der Waals surface area contributed by atoms with Gasteiger partial charge in [0.1, 0.15) is 11.5 Å². The van der Waals surface area contributed by atoms with Crippen molar-refractivity contribution in [3.05, 3.63) is 23.7 Å². The number of aryl methyl sites for hydroxylation is 1. The largest absolute Gasteiger partial charge is 0.464 e. The summed E-state index contributed by atoms with van der Waals surface area (Å²) in [4.78, 5) is 16.0. The molecule has 1 aromatic heterocycles. The van der Waals surface area contributed by atoms with Crippen LogP contribution in [-0.2, 0) is 11.3 Å². The van der Waals surface area contributed by atoms with Gasteiger partial charge < -0.3 is 14.4 Å². The Kier molecular flexibility index (Phi) is 4.83. The van der Waals surface area contributed by atoms with Gasteiger partial charge >= 0.3 is 0 Å². The van der Waals surface area contributed by atoms with Crippen molar-refractivity contribution < 1.29 is 14.3 Å². The zero-order valence-electron chi connectivity index (χ0n) is 12.5. The van der Waals surface area contributed by atoms with Gasteiger partial charge in [-0.3, -0.25) is 9.69 Å². The van der Waals surface area contributed by atoms with E-state index in [2.05, 4.69) is 11.8 Å². The highest BCUT2D eigenvalue weighted by Crippen LogP contribution is 2.23. The minimum atomic E-state index is 0.0617. The van der Waals surface area contributed by atoms with Gasteiger partial charge in [-0.1, -0.05) is 6.92 Å². The van der Waals surface area contributed by atoms with Crippen molar-refractivity contribution in [3.63, 3.8) is 0 Å². The summed E-state index contributed by atoms with van der Waals surface area (Å²) in [5, 5.41) is 9.41. The van der Waals surface area contributed by atoms with Crippen LogP contribution in [-0.4, -0.2) is 53.6 Å². The molecule has 1 aromatic rings. The Bertz CT molecular complexity index is 458. The molecule has 0 radical (unpaired) electrons. The number of hydrogen-bond donors (Lipinski definition) is 1. The zero-order valence-corrected chi connectivity index (χ0v) is 12.5. The van der Waals surface area contributed by atoms with Crippen molar-refractivity contribution in [1.29, 1.82) is 0 Å². The number of aliphatic hydroxyl groups excluding tert-OH is 1. The van der Waals surface area contributed by atoms with Gasteiger partial charge in [0.2, 0.25) is 5.91 Å². The van der Waals surface area contributed by atoms with Crippen molar-refractivity contribution >= 4 is 5.91 Å². The van der Waals surface area contributed by atoms with Crippen LogP contribution in [0.2, 0.25) is 0 Å². The summed E-state index contributed by atoms with van der Waals surface area (Å²) in [5.74, 6) is 2.17. The minimum absolute atomic E-state index is 0.0617. The van der Waals surface area contributed by atoms with Crippen molar-refractivity contribution in [1.82, 2.24) is 9.80 Å². The highest BCUT2D eigenvalue weighted by Gasteiger charge is 2.32. The van der Waals surface area contributed by atoms with Crippen LogP contribution in [0.1, 0.15) is 24.9 Å². The van der Waals surface area contributed by atoms with Crippen molar-refractivity contribution in [3.8, 4) is 0 Å². The number of furan rings is 1. The van der Waals surface area contributed by atoms with Gasteiger partial charge in [-0.05, 0) is 37.9 Å². The maximum Gasteiger partial charge on any atom is 0.236 e. The molecule has 0 saturated carbocycles. The molecule has 1 aliphatic rings. The third-order valence-corrected chi connectivity index (χ3v) is 4.14. The molecule has 5 heteroatoms. The number of likely N-dealkylation sites (N-methyl/N-ethyl adjacent to an activating group) is 1. The van der Waals surface area contributed by atoms with Gasteiger partial charge in [-0.25, -0.2) is 0 Å². The van der Waals surface area contributed by atoms with Crippen LogP contribution in [0.25, 0.3) is 0 Å². The van der Waals surface area contributed by atoms with Crippen LogP contribution >= 0.6 is 0 Å². The Morgan fingerprint density at radius 1 is 1.55 bits per heavy atom. The molecule has 20 heavy (non-hydrogen) atoms. The van der Waals surface area contributed by atoms with E-state index in [1.54, 1.807) is 11.9 Å². The van der Waals surface area contributed by atoms with Gasteiger partial charge in [-0.2, -0.15) is 0 Å². The molecule has 2 atom stereocenters. The Morgan fingerprint density at radius 3 is 2.90 bits per heavy atom. The molecule has 0 spiro atoms. The minimum Gasteiger partial charge on any atom is -0.464 e. The molecule has 1 aliphatic heterocycles. The van der Waals surface area contributed by atoms with E-state index in [0.29, 0.717) is 19.0 Å². The highest BCUT2D eigenvalue weighted by atomic mass is 16.3. The van der Waals surface area contributed by atoms with Gasteiger partial charge in [0.25, 0.3) is 0 Å². The van der Waals surface area contributed by atoms with Gasteiger partial charge in [0, 0.05) is 13.1 Å². The SMILES string of the molecule is Cc1ccc(CN(C)C(=O)CN2CCC(C)C2CO)o1. The van der Waals surface area contributed by atoms with Gasteiger partial charge in [0.15, 0.2) is 0 Å². The standard InChI is InChI=1S/C15H24N2O3/c1-11-6-7-17(14(11)10-18)9-15(19)16(3)8-13-5-4-12(2)20-13/h4-5,11,14,18H,6-10H2,1-3H3. The topological polar surface area (TPSA) is 56.9 Å². The molecular weight excluding hydrogens is 256 g/mol. The molecule has 1 N–H and O–H groups in total. The van der Waals surface area contributed by atoms with Gasteiger partial charge in [0.05, 0.1) is 19.7 Å². The fraction of sp³-hybridized carbons (Fsp3) is 0.667. The molecular formula is C15H24N2O3. The lowest BCUT2D eigenvalue weighted by molar-refractivity contribution is -0.132. The van der Waals surface area contributed by atoms with E-state index in [4.69, 9.17) is 4.42 Å². The molecule has 0 bridgehead atoms. The summed E-state index contributed by atoms with van der Waals surface area (Å²) in [7, 11) is 1.79. The third kappa shape index (κ3) is 3.41. The number of hydrogen-bond acceptors (Lipinski definition) is 4. The second-order valence-electron chi connectivity index (χ2n) is 5.75. The maximum atomic E-state index is 12.2. The third-order valence-electron chi connectivity index (χ3n) is 4.14. The summed E-state index contributed by atoms with van der Waals surface area (Å²) in [6.45, 7) is 5.87. The predicted molar refractivity (Wildman–Crippen MR) is 76.1 cm³/mol. The molecule has 1 saturated heterocycles. The van der Waals surface area contributed by atoms with E-state index in [1.807, 2.05) is 19.1 Å². The summed E-state index contributed by atoms with van der Waals surface area (Å²) >= 11 is 0. The van der Waals surface area contributed by atoms with Crippen LogP contribution < -0.4 is 0 Å². The van der Waals surface area contributed by atoms with Crippen molar-refractivity contribution in [2.45, 2.75) is 32.9 Å². The number of amides is 1. The average molecular weight is 280 g/mol. The Labute approximate surface area is 120 Å². The number of aliphatic hydroxyl groups is 1. The van der Waals surface area contributed by atoms with Crippen LogP contribution in [0.4, 0.5) is 0 Å². The van der Waals surface area contributed by atoms with E-state index < -0.39 is 0 Å². The lowest BCUT2D eigenvalue weighted by Crippen LogP contribution is -2.42. The Balaban J connectivity index is 1.88. The molecule has 2 rings (SSSR count). The van der Waals surface area contributed by atoms with Crippen molar-refractivity contribution in [2.24, 2.45) is 5.92 Å². The first-order valence-electron chi connectivity index (χ1n) is 7.15. The van der Waals surface area contributed by atoms with Crippen LogP contribution in [0.3, 0.4) is 0 Å². The molecule has 112 valence electrons. The number of carbonyl (C=O) groups is 1. The number of likely N-dealkylation sites (tertiary alicyclic amines) is 1. The molecule has 0 aromatic carbocycles. The molecule has 2 unspecified atom stereocenters. The summed E-state index contributed by atoms with van der Waals surface area (Å²) in [6.07, 6.45) is 1.04. The second-order valence-corrected chi connectivity index (χ2v) is 5.75. The van der Waals surface area contributed by atoms with Crippen LogP contribution in [0.5, 0.6) is 0 Å². The zero-order chi connectivity index (χ0) is 14.7. The molecule has 0 aliphatic carbocycles. The van der Waals surface area contributed by atoms with E-state index in [0.717, 1.165) is 24.5 Å². The first kappa shape index (κ1) is 15.1. The van der Waals surface area contributed by atoms with Gasteiger partial charge in [-0.15, -0.1) is 0 Å². The number of nitrogens with zero attached hydrogens (tertiary/aromatic N) is 2. The monoisotopic (exact) mass is 280 g/mol. The fourth-order valence-corrected chi connectivity index (χ4v) is 2.77. The molecule has 2 heterocycles. The lowest BCUT2D eigenvalue weighted by atomic mass is 10.0. The van der Waals surface area contributed by atoms with Crippen molar-refractivity contribution in [2.75, 3.05) is 26.7 Å². The molecule has 1 fully saturated rings. The maximum absolute atomic E-state index is 12.2. The van der Waals surface area contributed by atoms with Crippen LogP contribution in [0.15, 0.2) is 16.5 Å².